The molecule has 0 aliphatic heterocycles. The maximum absolute atomic E-state index is 14.4. The molecular formula is C28H31FN2O. The second-order valence-corrected chi connectivity index (χ2v) is 8.26. The minimum atomic E-state index is -0.398. The van der Waals surface area contributed by atoms with Gasteiger partial charge in [-0.05, 0) is 55.5 Å². The highest BCUT2D eigenvalue weighted by atomic mass is 19.1. The van der Waals surface area contributed by atoms with Gasteiger partial charge in [0.1, 0.15) is 5.82 Å². The highest BCUT2D eigenvalue weighted by Crippen LogP contribution is 2.23. The van der Waals surface area contributed by atoms with Crippen LogP contribution in [-0.2, 0) is 11.2 Å². The molecule has 1 unspecified atom stereocenters. The molecule has 0 saturated carbocycles. The summed E-state index contributed by atoms with van der Waals surface area (Å²) in [5, 5.41) is 6.24. The number of amides is 1. The summed E-state index contributed by atoms with van der Waals surface area (Å²) in [5.41, 5.74) is 4.94. The van der Waals surface area contributed by atoms with Crippen molar-refractivity contribution in [2.75, 3.05) is 5.32 Å². The summed E-state index contributed by atoms with van der Waals surface area (Å²) in [6.45, 7) is 10.0. The Morgan fingerprint density at radius 2 is 1.62 bits per heavy atom. The molecule has 3 aromatic rings. The second kappa shape index (κ2) is 10.8. The van der Waals surface area contributed by atoms with Crippen LogP contribution in [0.15, 0.2) is 85.1 Å². The molecule has 0 radical (unpaired) electrons. The Labute approximate surface area is 190 Å². The lowest BCUT2D eigenvalue weighted by atomic mass is 9.93. The highest BCUT2D eigenvalue weighted by Gasteiger charge is 2.24. The van der Waals surface area contributed by atoms with E-state index in [9.17, 15) is 9.18 Å². The lowest BCUT2D eigenvalue weighted by molar-refractivity contribution is -0.123. The Hall–Kier alpha value is -3.40. The fourth-order valence-corrected chi connectivity index (χ4v) is 3.74. The SMILES string of the molecule is C=C(Nc1ccc(C)cc1F)C(Cc1ccccc1)NC(=O)[C@H](CC)c1ccc(C)cc1. The molecule has 0 heterocycles. The zero-order valence-electron chi connectivity index (χ0n) is 19.0. The van der Waals surface area contributed by atoms with Gasteiger partial charge < -0.3 is 10.6 Å². The molecule has 0 aliphatic rings. The highest BCUT2D eigenvalue weighted by molar-refractivity contribution is 5.84. The first-order valence-electron chi connectivity index (χ1n) is 11.0. The van der Waals surface area contributed by atoms with Crippen LogP contribution in [0.5, 0.6) is 0 Å². The van der Waals surface area contributed by atoms with Crippen molar-refractivity contribution in [2.24, 2.45) is 0 Å². The van der Waals surface area contributed by atoms with Crippen LogP contribution >= 0.6 is 0 Å². The lowest BCUT2D eigenvalue weighted by Crippen LogP contribution is -2.42. The number of aryl methyl sites for hydroxylation is 2. The van der Waals surface area contributed by atoms with Gasteiger partial charge in [0.05, 0.1) is 17.6 Å². The Bertz CT molecular complexity index is 1060. The third-order valence-electron chi connectivity index (χ3n) is 5.64. The number of rotatable bonds is 9. The number of carbonyl (C=O) groups is 1. The van der Waals surface area contributed by atoms with Gasteiger partial charge in [0, 0.05) is 5.70 Å². The predicted octanol–water partition coefficient (Wildman–Crippen LogP) is 6.29. The average molecular weight is 431 g/mol. The number of hydrogen-bond acceptors (Lipinski definition) is 2. The van der Waals surface area contributed by atoms with Gasteiger partial charge in [-0.15, -0.1) is 0 Å². The van der Waals surface area contributed by atoms with Crippen LogP contribution in [-0.4, -0.2) is 11.9 Å². The van der Waals surface area contributed by atoms with Crippen LogP contribution in [0.1, 0.15) is 41.5 Å². The zero-order valence-corrected chi connectivity index (χ0v) is 19.0. The molecule has 0 bridgehead atoms. The van der Waals surface area contributed by atoms with Gasteiger partial charge in [-0.3, -0.25) is 4.79 Å². The van der Waals surface area contributed by atoms with E-state index < -0.39 is 6.04 Å². The number of carbonyl (C=O) groups excluding carboxylic acids is 1. The monoisotopic (exact) mass is 430 g/mol. The fourth-order valence-electron chi connectivity index (χ4n) is 3.74. The molecule has 166 valence electrons. The van der Waals surface area contributed by atoms with E-state index in [0.717, 1.165) is 22.3 Å². The van der Waals surface area contributed by atoms with E-state index in [1.54, 1.807) is 6.07 Å². The van der Waals surface area contributed by atoms with E-state index in [4.69, 9.17) is 0 Å². The van der Waals surface area contributed by atoms with Gasteiger partial charge in [0.2, 0.25) is 5.91 Å². The molecule has 32 heavy (non-hydrogen) atoms. The molecule has 0 fully saturated rings. The Kier molecular flexibility index (Phi) is 7.82. The van der Waals surface area contributed by atoms with Crippen molar-refractivity contribution in [1.29, 1.82) is 0 Å². The summed E-state index contributed by atoms with van der Waals surface area (Å²) in [6, 6.07) is 22.6. The second-order valence-electron chi connectivity index (χ2n) is 8.26. The minimum Gasteiger partial charge on any atom is -0.355 e. The predicted molar refractivity (Wildman–Crippen MR) is 130 cm³/mol. The molecule has 0 aliphatic carbocycles. The molecule has 2 N–H and O–H groups in total. The summed E-state index contributed by atoms with van der Waals surface area (Å²) >= 11 is 0. The molecule has 3 aromatic carbocycles. The molecule has 1 amide bonds. The van der Waals surface area contributed by atoms with E-state index >= 15 is 0 Å². The molecule has 0 spiro atoms. The van der Waals surface area contributed by atoms with E-state index in [-0.39, 0.29) is 17.6 Å². The van der Waals surface area contributed by atoms with Crippen molar-refractivity contribution in [3.05, 3.63) is 113 Å². The maximum Gasteiger partial charge on any atom is 0.228 e. The molecule has 0 saturated heterocycles. The number of benzene rings is 3. The van der Waals surface area contributed by atoms with Gasteiger partial charge >= 0.3 is 0 Å². The normalized spacial score (nSPS) is 12.6. The molecule has 2 atom stereocenters. The van der Waals surface area contributed by atoms with Crippen LogP contribution in [0.4, 0.5) is 10.1 Å². The number of halogens is 1. The van der Waals surface area contributed by atoms with Crippen molar-refractivity contribution < 1.29 is 9.18 Å². The Morgan fingerprint density at radius 3 is 2.25 bits per heavy atom. The standard InChI is InChI=1S/C28H31FN2O/c1-5-24(23-14-11-19(2)12-15-23)28(32)31-27(18-22-9-7-6-8-10-22)21(4)30-26-16-13-20(3)17-25(26)29/h6-17,24,27,30H,4-5,18H2,1-3H3,(H,31,32)/t24-,27?/m1/s1. The third-order valence-corrected chi connectivity index (χ3v) is 5.64. The Morgan fingerprint density at radius 1 is 0.969 bits per heavy atom. The van der Waals surface area contributed by atoms with E-state index in [0.29, 0.717) is 24.2 Å². The van der Waals surface area contributed by atoms with Gasteiger partial charge in [-0.1, -0.05) is 79.7 Å². The zero-order chi connectivity index (χ0) is 23.1. The van der Waals surface area contributed by atoms with Crippen LogP contribution in [0.2, 0.25) is 0 Å². The van der Waals surface area contributed by atoms with Crippen molar-refractivity contribution >= 4 is 11.6 Å². The fraction of sp³-hybridized carbons (Fsp3) is 0.250. The van der Waals surface area contributed by atoms with Gasteiger partial charge in [-0.2, -0.15) is 0 Å². The lowest BCUT2D eigenvalue weighted by Gasteiger charge is -2.25. The first-order valence-corrected chi connectivity index (χ1v) is 11.0. The number of anilines is 1. The largest absolute Gasteiger partial charge is 0.355 e. The summed E-state index contributed by atoms with van der Waals surface area (Å²) < 4.78 is 14.4. The first-order chi connectivity index (χ1) is 15.4. The Balaban J connectivity index is 1.82. The number of hydrogen-bond donors (Lipinski definition) is 2. The van der Waals surface area contributed by atoms with Crippen molar-refractivity contribution in [3.8, 4) is 0 Å². The van der Waals surface area contributed by atoms with E-state index in [2.05, 4.69) is 17.2 Å². The summed E-state index contributed by atoms with van der Waals surface area (Å²) in [7, 11) is 0. The summed E-state index contributed by atoms with van der Waals surface area (Å²) in [4.78, 5) is 13.3. The van der Waals surface area contributed by atoms with Crippen LogP contribution in [0.3, 0.4) is 0 Å². The quantitative estimate of drug-likeness (QED) is 0.419. The molecular weight excluding hydrogens is 399 g/mol. The molecule has 3 nitrogen and oxygen atoms in total. The maximum atomic E-state index is 14.4. The first kappa shape index (κ1) is 23.3. The molecule has 3 rings (SSSR count). The van der Waals surface area contributed by atoms with Crippen molar-refractivity contribution in [3.63, 3.8) is 0 Å². The minimum absolute atomic E-state index is 0.0652. The molecule has 0 aromatic heterocycles. The van der Waals surface area contributed by atoms with Crippen LogP contribution in [0.25, 0.3) is 0 Å². The van der Waals surface area contributed by atoms with Crippen molar-refractivity contribution in [2.45, 2.75) is 45.6 Å². The average Bonchev–Trinajstić information content (AvgIpc) is 2.77. The topological polar surface area (TPSA) is 41.1 Å². The van der Waals surface area contributed by atoms with Crippen molar-refractivity contribution in [1.82, 2.24) is 5.32 Å². The molecule has 4 heteroatoms. The smallest absolute Gasteiger partial charge is 0.228 e. The van der Waals surface area contributed by atoms with Crippen LogP contribution in [0, 0.1) is 19.7 Å². The van der Waals surface area contributed by atoms with E-state index in [1.165, 1.54) is 6.07 Å². The third kappa shape index (κ3) is 6.07. The summed E-state index contributed by atoms with van der Waals surface area (Å²) in [5.74, 6) is -0.676. The number of nitrogens with one attached hydrogen (secondary N) is 2. The summed E-state index contributed by atoms with van der Waals surface area (Å²) in [6.07, 6.45) is 1.23. The van der Waals surface area contributed by atoms with Gasteiger partial charge in [-0.25, -0.2) is 4.39 Å². The van der Waals surface area contributed by atoms with Gasteiger partial charge in [0.15, 0.2) is 0 Å². The van der Waals surface area contributed by atoms with Crippen LogP contribution < -0.4 is 10.6 Å². The van der Waals surface area contributed by atoms with E-state index in [1.807, 2.05) is 81.4 Å². The van der Waals surface area contributed by atoms with Gasteiger partial charge in [0.25, 0.3) is 0 Å².